The van der Waals surface area contributed by atoms with Crippen molar-refractivity contribution in [1.29, 1.82) is 0 Å². The number of amides is 5. The van der Waals surface area contributed by atoms with Crippen LogP contribution in [0.5, 0.6) is 34.5 Å². The number of thiazole rings is 1. The van der Waals surface area contributed by atoms with Gasteiger partial charge >= 0.3 is 5.97 Å². The van der Waals surface area contributed by atoms with Crippen LogP contribution in [0.15, 0.2) is 84.4 Å². The van der Waals surface area contributed by atoms with Crippen LogP contribution in [0.25, 0.3) is 10.4 Å². The van der Waals surface area contributed by atoms with E-state index in [4.69, 9.17) is 47.4 Å². The van der Waals surface area contributed by atoms with E-state index in [-0.39, 0.29) is 84.1 Å². The van der Waals surface area contributed by atoms with Crippen LogP contribution in [0.3, 0.4) is 0 Å². The Labute approximate surface area is 543 Å². The van der Waals surface area contributed by atoms with Crippen molar-refractivity contribution >= 4 is 46.8 Å². The second-order valence-electron chi connectivity index (χ2n) is 23.5. The molecule has 5 aromatic rings. The summed E-state index contributed by atoms with van der Waals surface area (Å²) in [5.74, 6) is -0.363. The Morgan fingerprint density at radius 2 is 1.39 bits per heavy atom. The Balaban J connectivity index is 0.828. The molecule has 92 heavy (non-hydrogen) atoms. The monoisotopic (exact) mass is 1290 g/mol. The second-order valence-corrected chi connectivity index (χ2v) is 24.4. The van der Waals surface area contributed by atoms with E-state index in [1.165, 1.54) is 26.2 Å². The number of benzene rings is 4. The van der Waals surface area contributed by atoms with E-state index in [1.807, 2.05) is 83.1 Å². The number of rotatable bonds is 34. The average molecular weight is 1300 g/mol. The van der Waals surface area contributed by atoms with Gasteiger partial charge in [-0.1, -0.05) is 70.2 Å². The number of esters is 1. The van der Waals surface area contributed by atoms with Gasteiger partial charge in [0.25, 0.3) is 5.91 Å². The highest BCUT2D eigenvalue weighted by Gasteiger charge is 2.45. The molecule has 4 aromatic carbocycles. The summed E-state index contributed by atoms with van der Waals surface area (Å²) in [7, 11) is 7.69. The number of ether oxygens (including phenoxy) is 10. The van der Waals surface area contributed by atoms with Crippen molar-refractivity contribution in [3.63, 3.8) is 0 Å². The SMILES string of the molecule is CCC(C(=O)N1CCCCC1C(=O)OC(CCc1ccc(OC)c(OC)c1)c1cccc(OCC(=O)NCCOCCOCCOCC(=O)NC(C(=O)N2CC(O)CC2C(=O)NCc2ccc(-c3scnc3C)cc2)C(C)(C)C)c1)c1cc(OC)c(OC)c(OC)c1. The van der Waals surface area contributed by atoms with Crippen LogP contribution in [0.2, 0.25) is 0 Å². The summed E-state index contributed by atoms with van der Waals surface area (Å²) < 4.78 is 56.9. The molecule has 2 aliphatic heterocycles. The lowest BCUT2D eigenvalue weighted by Gasteiger charge is -2.37. The third kappa shape index (κ3) is 19.7. The van der Waals surface area contributed by atoms with Gasteiger partial charge in [-0.2, -0.15) is 0 Å². The number of nitrogens with zero attached hydrogens (tertiary/aromatic N) is 3. The summed E-state index contributed by atoms with van der Waals surface area (Å²) >= 11 is 1.56. The van der Waals surface area contributed by atoms with Gasteiger partial charge in [-0.15, -0.1) is 11.3 Å². The summed E-state index contributed by atoms with van der Waals surface area (Å²) in [5, 5.41) is 19.1. The number of carbonyl (C=O) groups excluding carboxylic acids is 6. The van der Waals surface area contributed by atoms with E-state index >= 15 is 0 Å². The molecule has 23 nitrogen and oxygen atoms in total. The zero-order valence-electron chi connectivity index (χ0n) is 54.5. The smallest absolute Gasteiger partial charge is 0.329 e. The summed E-state index contributed by atoms with van der Waals surface area (Å²) in [6.07, 6.45) is 1.57. The van der Waals surface area contributed by atoms with Gasteiger partial charge in [-0.05, 0) is 115 Å². The van der Waals surface area contributed by atoms with E-state index in [0.717, 1.165) is 40.1 Å². The van der Waals surface area contributed by atoms with Gasteiger partial charge in [-0.3, -0.25) is 24.0 Å². The first-order chi connectivity index (χ1) is 44.3. The highest BCUT2D eigenvalue weighted by atomic mass is 32.1. The maximum absolute atomic E-state index is 14.6. The number of aliphatic hydroxyl groups is 1. The van der Waals surface area contributed by atoms with Crippen molar-refractivity contribution in [3.8, 4) is 44.9 Å². The first-order valence-corrected chi connectivity index (χ1v) is 32.0. The fourth-order valence-corrected chi connectivity index (χ4v) is 12.0. The Kier molecular flexibility index (Phi) is 27.3. The molecule has 2 fully saturated rings. The first-order valence-electron chi connectivity index (χ1n) is 31.1. The number of hydrogen-bond acceptors (Lipinski definition) is 19. The Bertz CT molecular complexity index is 3220. The number of hydrogen-bond donors (Lipinski definition) is 4. The van der Waals surface area contributed by atoms with Gasteiger partial charge < -0.3 is 78.2 Å². The highest BCUT2D eigenvalue weighted by molar-refractivity contribution is 7.13. The number of likely N-dealkylation sites (tertiary alicyclic amines) is 2. The Morgan fingerprint density at radius 3 is 2.04 bits per heavy atom. The number of methoxy groups -OCH3 is 5. The van der Waals surface area contributed by atoms with Crippen LogP contribution in [0.1, 0.15) is 106 Å². The van der Waals surface area contributed by atoms with Gasteiger partial charge in [0.1, 0.15) is 36.6 Å². The Hall–Kier alpha value is -8.03. The van der Waals surface area contributed by atoms with Gasteiger partial charge in [0.2, 0.25) is 29.4 Å². The number of aliphatic hydroxyl groups excluding tert-OH is 1. The third-order valence-electron chi connectivity index (χ3n) is 16.1. The molecule has 2 aliphatic rings. The molecule has 1 aromatic heterocycles. The van der Waals surface area contributed by atoms with Gasteiger partial charge in [0, 0.05) is 32.6 Å². The quantitative estimate of drug-likeness (QED) is 0.0232. The molecule has 0 aliphatic carbocycles. The Morgan fingerprint density at radius 1 is 0.707 bits per heavy atom. The van der Waals surface area contributed by atoms with Gasteiger partial charge in [0.15, 0.2) is 29.6 Å². The molecule has 24 heteroatoms. The van der Waals surface area contributed by atoms with Crippen LogP contribution >= 0.6 is 11.3 Å². The molecule has 5 amide bonds. The zero-order chi connectivity index (χ0) is 66.3. The standard InChI is InChI=1S/C68H90N6O17S/c1-11-51(48-35-57(84-8)61(86-10)58(36-48)85-9)65(79)73-27-13-12-17-52(73)67(81)91-54(24-20-44-21-25-55(82-6)56(33-44)83-7)47-15-14-16-50(34-47)90-41-59(76)69-26-28-87-29-30-88-31-32-89-40-60(77)72-63(68(3,4)5)66(80)74-39-49(75)37-53(74)64(78)70-38-45-18-22-46(23-19-45)62-43(2)71-42-92-62/h14-16,18-19,21-23,25,33-36,42,49,51-54,63,75H,11-13,17,20,24,26-32,37-41H2,1-10H3,(H,69,76)(H,70,78)(H,72,77). The lowest BCUT2D eigenvalue weighted by Crippen LogP contribution is -2.58. The van der Waals surface area contributed by atoms with Crippen LogP contribution in [-0.4, -0.2) is 181 Å². The second kappa shape index (κ2) is 35.1. The van der Waals surface area contributed by atoms with Crippen LogP contribution < -0.4 is 44.4 Å². The molecule has 0 bridgehead atoms. The fraction of sp³-hybridized carbons (Fsp3) is 0.515. The lowest BCUT2D eigenvalue weighted by atomic mass is 9.85. The van der Waals surface area contributed by atoms with Crippen molar-refractivity contribution in [3.05, 3.63) is 112 Å². The molecular weight excluding hydrogens is 1200 g/mol. The van der Waals surface area contributed by atoms with Crippen molar-refractivity contribution < 1.29 is 81.2 Å². The number of piperidine rings is 1. The predicted molar refractivity (Wildman–Crippen MR) is 344 cm³/mol. The molecule has 500 valence electrons. The largest absolute Gasteiger partial charge is 0.493 e. The molecule has 0 spiro atoms. The van der Waals surface area contributed by atoms with Gasteiger partial charge in [-0.25, -0.2) is 9.78 Å². The van der Waals surface area contributed by atoms with E-state index < -0.39 is 65.4 Å². The molecule has 3 heterocycles. The van der Waals surface area contributed by atoms with E-state index in [0.29, 0.717) is 77.9 Å². The molecule has 0 saturated carbocycles. The summed E-state index contributed by atoms with van der Waals surface area (Å²) in [6.45, 7) is 10.3. The van der Waals surface area contributed by atoms with Crippen LogP contribution in [0.4, 0.5) is 0 Å². The van der Waals surface area contributed by atoms with E-state index in [1.54, 1.807) is 66.3 Å². The number of aryl methyl sites for hydroxylation is 2. The summed E-state index contributed by atoms with van der Waals surface area (Å²) in [4.78, 5) is 91.1. The van der Waals surface area contributed by atoms with Crippen molar-refractivity contribution in [2.75, 3.05) is 101 Å². The number of nitrogens with one attached hydrogen (secondary N) is 3. The minimum absolute atomic E-state index is 0.0485. The molecule has 2 saturated heterocycles. The van der Waals surface area contributed by atoms with E-state index in [9.17, 15) is 33.9 Å². The third-order valence-corrected chi connectivity index (χ3v) is 17.1. The summed E-state index contributed by atoms with van der Waals surface area (Å²) in [6, 6.07) is 21.3. The predicted octanol–water partition coefficient (Wildman–Crippen LogP) is 7.31. The van der Waals surface area contributed by atoms with Crippen molar-refractivity contribution in [1.82, 2.24) is 30.7 Å². The van der Waals surface area contributed by atoms with Crippen molar-refractivity contribution in [2.24, 2.45) is 5.41 Å². The van der Waals surface area contributed by atoms with Crippen molar-refractivity contribution in [2.45, 2.75) is 122 Å². The van der Waals surface area contributed by atoms with E-state index in [2.05, 4.69) is 20.9 Å². The average Bonchev–Trinajstić information content (AvgIpc) is 1.29. The van der Waals surface area contributed by atoms with Gasteiger partial charge in [0.05, 0.1) is 96.7 Å². The zero-order valence-corrected chi connectivity index (χ0v) is 55.3. The fourth-order valence-electron chi connectivity index (χ4n) is 11.2. The highest BCUT2D eigenvalue weighted by Crippen LogP contribution is 2.42. The molecule has 6 atom stereocenters. The molecule has 4 N–H and O–H groups in total. The van der Waals surface area contributed by atoms with Crippen LogP contribution in [-0.2, 0) is 60.7 Å². The molecular formula is C68H90N6O17S. The minimum atomic E-state index is -1.01. The summed E-state index contributed by atoms with van der Waals surface area (Å²) in [5.41, 5.74) is 6.13. The number of β-amino-alcohol motifs (C(OH)–C–C–N with tert-alkyl or cyclic N) is 1. The first kappa shape index (κ1) is 71.4. The number of aromatic nitrogens is 1. The number of carbonyl (C=O) groups is 6. The molecule has 0 radical (unpaired) electrons. The maximum Gasteiger partial charge on any atom is 0.329 e. The topological polar surface area (TPSA) is 270 Å². The maximum atomic E-state index is 14.6. The lowest BCUT2D eigenvalue weighted by molar-refractivity contribution is -0.162. The van der Waals surface area contributed by atoms with Crippen LogP contribution in [0, 0.1) is 12.3 Å². The normalized spacial score (nSPS) is 16.6. The molecule has 6 unspecified atom stereocenters. The minimum Gasteiger partial charge on any atom is -0.493 e. The molecule has 7 rings (SSSR count).